The first-order valence-electron chi connectivity index (χ1n) is 12.2. The molecule has 2 heterocycles. The highest BCUT2D eigenvalue weighted by Gasteiger charge is 2.54. The van der Waals surface area contributed by atoms with Crippen LogP contribution in [-0.2, 0) is 35.0 Å². The topological polar surface area (TPSA) is 104 Å². The largest absolute Gasteiger partial charge is 0.467 e. The molecule has 0 spiro atoms. The van der Waals surface area contributed by atoms with Crippen molar-refractivity contribution in [1.29, 1.82) is 0 Å². The molecule has 0 N–H and O–H groups in total. The normalized spacial score (nSPS) is 26.9. The molecule has 0 aromatic carbocycles. The van der Waals surface area contributed by atoms with Crippen molar-refractivity contribution in [3.8, 4) is 0 Å². The van der Waals surface area contributed by atoms with Crippen molar-refractivity contribution in [2.75, 3.05) is 6.61 Å². The van der Waals surface area contributed by atoms with E-state index in [1.807, 2.05) is 17.0 Å². The second-order valence-electron chi connectivity index (χ2n) is 10.5. The Kier molecular flexibility index (Phi) is 6.02. The minimum atomic E-state index is -0.724. The van der Waals surface area contributed by atoms with Crippen LogP contribution in [-0.4, -0.2) is 38.1 Å². The quantitative estimate of drug-likeness (QED) is 0.444. The standard InChI is InChI=1S/C26H31N3O6/c1-27-14-20(24(32)28(2)25(27)33)5-6-23(31)35-16-22(30)29(15-21-4-3-7-34-21)26-11-17-8-18(12-26)10-19(9-17)13-26/h3-7,14,17-19H,8-13,15-16H2,1-2H3/b6-5+. The van der Waals surface area contributed by atoms with Gasteiger partial charge in [-0.05, 0) is 74.5 Å². The molecule has 0 aliphatic heterocycles. The lowest BCUT2D eigenvalue weighted by Crippen LogP contribution is -2.61. The van der Waals surface area contributed by atoms with Crippen LogP contribution in [0, 0.1) is 17.8 Å². The van der Waals surface area contributed by atoms with Gasteiger partial charge >= 0.3 is 11.7 Å². The van der Waals surface area contributed by atoms with Crippen LogP contribution >= 0.6 is 0 Å². The number of hydrogen-bond donors (Lipinski definition) is 0. The molecule has 4 aliphatic carbocycles. The minimum Gasteiger partial charge on any atom is -0.467 e. The van der Waals surface area contributed by atoms with Crippen molar-refractivity contribution in [2.45, 2.75) is 50.6 Å². The Morgan fingerprint density at radius 2 is 1.80 bits per heavy atom. The summed E-state index contributed by atoms with van der Waals surface area (Å²) in [6.07, 6.45) is 12.1. The number of amides is 1. The van der Waals surface area contributed by atoms with Crippen molar-refractivity contribution in [3.05, 3.63) is 62.8 Å². The fourth-order valence-corrected chi connectivity index (χ4v) is 6.84. The molecule has 0 saturated heterocycles. The van der Waals surface area contributed by atoms with E-state index in [-0.39, 0.29) is 23.6 Å². The number of carbonyl (C=O) groups is 2. The van der Waals surface area contributed by atoms with Gasteiger partial charge < -0.3 is 18.6 Å². The summed E-state index contributed by atoms with van der Waals surface area (Å²) in [5, 5.41) is 0. The molecule has 35 heavy (non-hydrogen) atoms. The molecule has 4 bridgehead atoms. The van der Waals surface area contributed by atoms with E-state index in [2.05, 4.69) is 0 Å². The summed E-state index contributed by atoms with van der Waals surface area (Å²) in [6, 6.07) is 3.68. The van der Waals surface area contributed by atoms with E-state index in [1.165, 1.54) is 50.2 Å². The van der Waals surface area contributed by atoms with E-state index in [0.29, 0.717) is 30.1 Å². The molecule has 186 valence electrons. The molecule has 4 aliphatic rings. The summed E-state index contributed by atoms with van der Waals surface area (Å²) >= 11 is 0. The molecule has 0 atom stereocenters. The molecule has 4 saturated carbocycles. The zero-order valence-electron chi connectivity index (χ0n) is 20.1. The first-order valence-corrected chi connectivity index (χ1v) is 12.2. The first kappa shape index (κ1) is 23.4. The summed E-state index contributed by atoms with van der Waals surface area (Å²) in [6.45, 7) is -0.0175. The lowest BCUT2D eigenvalue weighted by atomic mass is 9.52. The SMILES string of the molecule is Cn1cc(/C=C/C(=O)OCC(=O)N(Cc2ccco2)C23CC4CC(CC(C4)C2)C3)c(=O)n(C)c1=O. The number of aromatic nitrogens is 2. The van der Waals surface area contributed by atoms with Gasteiger partial charge in [0.25, 0.3) is 11.5 Å². The number of aryl methyl sites for hydroxylation is 1. The van der Waals surface area contributed by atoms with Crippen LogP contribution in [0.15, 0.2) is 44.7 Å². The van der Waals surface area contributed by atoms with E-state index >= 15 is 0 Å². The number of furan rings is 1. The van der Waals surface area contributed by atoms with Crippen molar-refractivity contribution in [3.63, 3.8) is 0 Å². The Balaban J connectivity index is 1.29. The Morgan fingerprint density at radius 3 is 2.40 bits per heavy atom. The van der Waals surface area contributed by atoms with Crippen LogP contribution in [0.1, 0.15) is 49.8 Å². The van der Waals surface area contributed by atoms with Crippen molar-refractivity contribution in [1.82, 2.24) is 14.0 Å². The predicted molar refractivity (Wildman–Crippen MR) is 127 cm³/mol. The molecule has 2 aromatic heterocycles. The van der Waals surface area contributed by atoms with E-state index in [0.717, 1.165) is 29.9 Å². The van der Waals surface area contributed by atoms with Gasteiger partial charge in [-0.1, -0.05) is 0 Å². The maximum atomic E-state index is 13.4. The number of ether oxygens (including phenoxy) is 1. The van der Waals surface area contributed by atoms with Gasteiger partial charge in [0, 0.05) is 31.9 Å². The average molecular weight is 482 g/mol. The maximum absolute atomic E-state index is 13.4. The smallest absolute Gasteiger partial charge is 0.331 e. The Hall–Kier alpha value is -3.36. The Morgan fingerprint density at radius 1 is 1.14 bits per heavy atom. The Labute approximate surface area is 203 Å². The molecule has 0 radical (unpaired) electrons. The molecule has 2 aromatic rings. The Bertz CT molecular complexity index is 1230. The zero-order chi connectivity index (χ0) is 24.7. The van der Waals surface area contributed by atoms with Gasteiger partial charge in [-0.25, -0.2) is 9.59 Å². The van der Waals surface area contributed by atoms with Gasteiger partial charge in [0.1, 0.15) is 5.76 Å². The predicted octanol–water partition coefficient (Wildman–Crippen LogP) is 2.23. The number of carbonyl (C=O) groups excluding carboxylic acids is 2. The van der Waals surface area contributed by atoms with Gasteiger partial charge in [-0.15, -0.1) is 0 Å². The molecular formula is C26H31N3O6. The summed E-state index contributed by atoms with van der Waals surface area (Å²) in [5.41, 5.74) is -1.01. The van der Waals surface area contributed by atoms with Crippen LogP contribution in [0.2, 0.25) is 0 Å². The minimum absolute atomic E-state index is 0.172. The average Bonchev–Trinajstić information content (AvgIpc) is 3.33. The molecule has 1 amide bonds. The fourth-order valence-electron chi connectivity index (χ4n) is 6.84. The molecular weight excluding hydrogens is 450 g/mol. The van der Waals surface area contributed by atoms with Gasteiger partial charge in [-0.3, -0.25) is 14.2 Å². The number of rotatable bonds is 7. The number of hydrogen-bond acceptors (Lipinski definition) is 6. The molecule has 4 fully saturated rings. The second kappa shape index (κ2) is 9.02. The summed E-state index contributed by atoms with van der Waals surface area (Å²) in [7, 11) is 2.89. The third-order valence-corrected chi connectivity index (χ3v) is 7.98. The van der Waals surface area contributed by atoms with Gasteiger partial charge in [0.15, 0.2) is 6.61 Å². The van der Waals surface area contributed by atoms with Crippen LogP contribution in [0.25, 0.3) is 6.08 Å². The van der Waals surface area contributed by atoms with Crippen LogP contribution in [0.4, 0.5) is 0 Å². The van der Waals surface area contributed by atoms with Crippen LogP contribution < -0.4 is 11.2 Å². The van der Waals surface area contributed by atoms with Crippen LogP contribution in [0.5, 0.6) is 0 Å². The molecule has 9 nitrogen and oxygen atoms in total. The van der Waals surface area contributed by atoms with E-state index < -0.39 is 17.2 Å². The highest BCUT2D eigenvalue weighted by molar-refractivity contribution is 5.89. The van der Waals surface area contributed by atoms with Gasteiger partial charge in [-0.2, -0.15) is 0 Å². The number of nitrogens with zero attached hydrogens (tertiary/aromatic N) is 3. The van der Waals surface area contributed by atoms with Crippen molar-refractivity contribution >= 4 is 18.0 Å². The summed E-state index contributed by atoms with van der Waals surface area (Å²) in [4.78, 5) is 51.8. The van der Waals surface area contributed by atoms with E-state index in [1.54, 1.807) is 6.26 Å². The monoisotopic (exact) mass is 481 g/mol. The number of esters is 1. The molecule has 0 unspecified atom stereocenters. The lowest BCUT2D eigenvalue weighted by molar-refractivity contribution is -0.162. The third kappa shape index (κ3) is 4.51. The van der Waals surface area contributed by atoms with E-state index in [9.17, 15) is 19.2 Å². The maximum Gasteiger partial charge on any atom is 0.331 e. The fraction of sp³-hybridized carbons (Fsp3) is 0.538. The van der Waals surface area contributed by atoms with Gasteiger partial charge in [0.05, 0.1) is 18.4 Å². The molecule has 9 heteroatoms. The van der Waals surface area contributed by atoms with Crippen molar-refractivity contribution < 1.29 is 18.7 Å². The highest BCUT2D eigenvalue weighted by Crippen LogP contribution is 2.58. The third-order valence-electron chi connectivity index (χ3n) is 7.98. The van der Waals surface area contributed by atoms with Crippen LogP contribution in [0.3, 0.4) is 0 Å². The highest BCUT2D eigenvalue weighted by atomic mass is 16.5. The first-order chi connectivity index (χ1) is 16.7. The van der Waals surface area contributed by atoms with Gasteiger partial charge in [0.2, 0.25) is 0 Å². The second-order valence-corrected chi connectivity index (χ2v) is 10.5. The lowest BCUT2D eigenvalue weighted by Gasteiger charge is -2.60. The summed E-state index contributed by atoms with van der Waals surface area (Å²) < 4.78 is 13.1. The summed E-state index contributed by atoms with van der Waals surface area (Å²) in [5.74, 6) is 1.72. The molecule has 6 rings (SSSR count). The van der Waals surface area contributed by atoms with Crippen molar-refractivity contribution in [2.24, 2.45) is 31.8 Å². The van der Waals surface area contributed by atoms with E-state index in [4.69, 9.17) is 9.15 Å². The zero-order valence-corrected chi connectivity index (χ0v) is 20.1.